The largest absolute Gasteiger partial charge is 0.489 e. The average Bonchev–Trinajstić information content (AvgIpc) is 2.88. The highest BCUT2D eigenvalue weighted by Gasteiger charge is 2.25. The van der Waals surface area contributed by atoms with Crippen molar-refractivity contribution in [2.24, 2.45) is 0 Å². The van der Waals surface area contributed by atoms with Crippen LogP contribution in [0.15, 0.2) is 29.7 Å². The lowest BCUT2D eigenvalue weighted by Gasteiger charge is -2.12. The topological polar surface area (TPSA) is 64.1 Å². The number of fused-ring (bicyclic) bond motifs is 1. The molecule has 0 saturated carbocycles. The van der Waals surface area contributed by atoms with Crippen molar-refractivity contribution in [2.45, 2.75) is 26.0 Å². The van der Waals surface area contributed by atoms with Gasteiger partial charge < -0.3 is 14.3 Å². The number of ether oxygens (including phenoxy) is 1. The second-order valence-electron chi connectivity index (χ2n) is 5.34. The summed E-state index contributed by atoms with van der Waals surface area (Å²) in [6, 6.07) is 5.39. The summed E-state index contributed by atoms with van der Waals surface area (Å²) in [5, 5.41) is 1.26. The fraction of sp³-hybridized carbons (Fsp3) is 0.357. The van der Waals surface area contributed by atoms with Crippen LogP contribution in [0.5, 0.6) is 5.75 Å². The molecular formula is C14H16N2O3S2. The Morgan fingerprint density at radius 3 is 2.81 bits per heavy atom. The summed E-state index contributed by atoms with van der Waals surface area (Å²) in [6.45, 7) is 3.91. The van der Waals surface area contributed by atoms with Crippen molar-refractivity contribution >= 4 is 33.1 Å². The second kappa shape index (κ2) is 4.99. The van der Waals surface area contributed by atoms with Crippen LogP contribution in [0.1, 0.15) is 19.9 Å². The molecule has 2 heterocycles. The van der Waals surface area contributed by atoms with Gasteiger partial charge in [-0.3, -0.25) is 0 Å². The molecule has 0 aliphatic carbocycles. The molecule has 2 aromatic rings. The lowest BCUT2D eigenvalue weighted by Crippen LogP contribution is -2.11. The number of aromatic amines is 1. The van der Waals surface area contributed by atoms with Gasteiger partial charge in [0.25, 0.3) is 0 Å². The molecule has 1 aromatic heterocycles. The minimum Gasteiger partial charge on any atom is -0.489 e. The number of H-pyrrole nitrogens is 1. The van der Waals surface area contributed by atoms with Crippen molar-refractivity contribution in [1.29, 1.82) is 0 Å². The number of nitrogens with zero attached hydrogens (tertiary/aromatic N) is 1. The Balaban J connectivity index is 2.15. The Morgan fingerprint density at radius 1 is 1.43 bits per heavy atom. The van der Waals surface area contributed by atoms with Gasteiger partial charge in [-0.1, -0.05) is 6.07 Å². The molecule has 112 valence electrons. The van der Waals surface area contributed by atoms with E-state index in [4.69, 9.17) is 17.0 Å². The molecule has 5 nitrogen and oxygen atoms in total. The molecule has 1 unspecified atom stereocenters. The van der Waals surface area contributed by atoms with E-state index in [1.807, 2.05) is 36.6 Å². The monoisotopic (exact) mass is 324 g/mol. The third kappa shape index (κ3) is 2.63. The predicted molar refractivity (Wildman–Crippen MR) is 84.9 cm³/mol. The van der Waals surface area contributed by atoms with Crippen LogP contribution in [-0.4, -0.2) is 29.8 Å². The fourth-order valence-corrected chi connectivity index (χ4v) is 4.13. The van der Waals surface area contributed by atoms with Gasteiger partial charge in [0.05, 0.1) is 23.4 Å². The van der Waals surface area contributed by atoms with Crippen LogP contribution in [0.2, 0.25) is 0 Å². The smallest absolute Gasteiger partial charge is 0.178 e. The predicted octanol–water partition coefficient (Wildman–Crippen LogP) is 2.97. The van der Waals surface area contributed by atoms with E-state index >= 15 is 0 Å². The van der Waals surface area contributed by atoms with Crippen LogP contribution in [0.25, 0.3) is 11.0 Å². The molecule has 1 aliphatic rings. The average molecular weight is 324 g/mol. The molecular weight excluding hydrogens is 308 g/mol. The van der Waals surface area contributed by atoms with Crippen molar-refractivity contribution in [1.82, 2.24) is 9.55 Å². The van der Waals surface area contributed by atoms with Gasteiger partial charge in [-0.25, -0.2) is 8.42 Å². The number of aromatic nitrogens is 2. The van der Waals surface area contributed by atoms with Gasteiger partial charge in [-0.2, -0.15) is 0 Å². The minimum atomic E-state index is -3.13. The van der Waals surface area contributed by atoms with E-state index in [-0.39, 0.29) is 17.9 Å². The standard InChI is InChI=1S/C14H16N2O3S2/c1-9(2)19-12-5-3-4-11-13(12)15-14(20)16(11)10-6-7-21(17,18)8-10/h3-7,9-10H,8H2,1-2H3,(H,15,20). The molecule has 0 fully saturated rings. The molecule has 0 bridgehead atoms. The quantitative estimate of drug-likeness (QED) is 0.882. The molecule has 3 rings (SSSR count). The summed E-state index contributed by atoms with van der Waals surface area (Å²) in [4.78, 5) is 3.13. The maximum Gasteiger partial charge on any atom is 0.178 e. The summed E-state index contributed by atoms with van der Waals surface area (Å²) in [5.41, 5.74) is 1.65. The van der Waals surface area contributed by atoms with Crippen LogP contribution in [0.3, 0.4) is 0 Å². The molecule has 1 N–H and O–H groups in total. The number of sulfone groups is 1. The Kier molecular flexibility index (Phi) is 3.41. The first-order valence-electron chi connectivity index (χ1n) is 6.68. The zero-order valence-electron chi connectivity index (χ0n) is 11.7. The maximum absolute atomic E-state index is 11.6. The highest BCUT2D eigenvalue weighted by atomic mass is 32.2. The molecule has 1 atom stereocenters. The number of rotatable bonds is 3. The van der Waals surface area contributed by atoms with E-state index in [1.165, 1.54) is 5.41 Å². The van der Waals surface area contributed by atoms with E-state index in [0.29, 0.717) is 4.77 Å². The Labute approximate surface area is 128 Å². The third-order valence-electron chi connectivity index (χ3n) is 3.32. The van der Waals surface area contributed by atoms with Crippen molar-refractivity contribution in [3.63, 3.8) is 0 Å². The second-order valence-corrected chi connectivity index (χ2v) is 7.66. The van der Waals surface area contributed by atoms with Crippen LogP contribution < -0.4 is 4.74 Å². The summed E-state index contributed by atoms with van der Waals surface area (Å²) < 4.78 is 31.4. The molecule has 21 heavy (non-hydrogen) atoms. The van der Waals surface area contributed by atoms with Gasteiger partial charge in [0.1, 0.15) is 11.3 Å². The molecule has 7 heteroatoms. The normalized spacial score (nSPS) is 20.4. The Bertz CT molecular complexity index is 875. The van der Waals surface area contributed by atoms with E-state index in [2.05, 4.69) is 4.98 Å². The highest BCUT2D eigenvalue weighted by Crippen LogP contribution is 2.30. The highest BCUT2D eigenvalue weighted by molar-refractivity contribution is 7.94. The first-order chi connectivity index (χ1) is 9.87. The van der Waals surface area contributed by atoms with Crippen LogP contribution in [0, 0.1) is 4.77 Å². The van der Waals surface area contributed by atoms with E-state index in [0.717, 1.165) is 16.8 Å². The van der Waals surface area contributed by atoms with Crippen LogP contribution >= 0.6 is 12.2 Å². The SMILES string of the molecule is CC(C)Oc1cccc2c1[nH]c(=S)n2C1C=CS(=O)(=O)C1. The minimum absolute atomic E-state index is 0.0452. The number of imidazole rings is 1. The molecule has 1 aliphatic heterocycles. The summed E-state index contributed by atoms with van der Waals surface area (Å²) in [5.74, 6) is 0.765. The summed E-state index contributed by atoms with van der Waals surface area (Å²) >= 11 is 5.36. The summed E-state index contributed by atoms with van der Waals surface area (Å²) in [7, 11) is -3.13. The number of hydrogen-bond acceptors (Lipinski definition) is 4. The number of hydrogen-bond donors (Lipinski definition) is 1. The molecule has 0 radical (unpaired) electrons. The van der Waals surface area contributed by atoms with Crippen molar-refractivity contribution in [3.8, 4) is 5.75 Å². The number of benzene rings is 1. The molecule has 0 spiro atoms. The maximum atomic E-state index is 11.6. The fourth-order valence-electron chi connectivity index (χ4n) is 2.52. The third-order valence-corrected chi connectivity index (χ3v) is 5.00. The van der Waals surface area contributed by atoms with Gasteiger partial charge in [-0.05, 0) is 44.3 Å². The lowest BCUT2D eigenvalue weighted by molar-refractivity contribution is 0.245. The lowest BCUT2D eigenvalue weighted by atomic mass is 10.2. The van der Waals surface area contributed by atoms with E-state index in [9.17, 15) is 8.42 Å². The first-order valence-corrected chi connectivity index (χ1v) is 8.80. The van der Waals surface area contributed by atoms with Crippen molar-refractivity contribution in [2.75, 3.05) is 5.75 Å². The van der Waals surface area contributed by atoms with E-state index in [1.54, 1.807) is 6.08 Å². The summed E-state index contributed by atoms with van der Waals surface area (Å²) in [6.07, 6.45) is 1.72. The Morgan fingerprint density at radius 2 is 2.19 bits per heavy atom. The van der Waals surface area contributed by atoms with E-state index < -0.39 is 9.84 Å². The van der Waals surface area contributed by atoms with Gasteiger partial charge in [0.2, 0.25) is 0 Å². The first kappa shape index (κ1) is 14.3. The van der Waals surface area contributed by atoms with Gasteiger partial charge in [0, 0.05) is 5.41 Å². The van der Waals surface area contributed by atoms with Crippen LogP contribution in [-0.2, 0) is 9.84 Å². The van der Waals surface area contributed by atoms with Gasteiger partial charge in [0.15, 0.2) is 14.6 Å². The van der Waals surface area contributed by atoms with Gasteiger partial charge in [-0.15, -0.1) is 0 Å². The zero-order chi connectivity index (χ0) is 15.2. The molecule has 1 aromatic carbocycles. The number of nitrogens with one attached hydrogen (secondary N) is 1. The number of allylic oxidation sites excluding steroid dienone is 1. The van der Waals surface area contributed by atoms with Crippen molar-refractivity contribution in [3.05, 3.63) is 34.5 Å². The van der Waals surface area contributed by atoms with Crippen molar-refractivity contribution < 1.29 is 13.2 Å². The zero-order valence-corrected chi connectivity index (χ0v) is 13.4. The molecule has 0 saturated heterocycles. The van der Waals surface area contributed by atoms with Crippen LogP contribution in [0.4, 0.5) is 0 Å². The van der Waals surface area contributed by atoms with Gasteiger partial charge >= 0.3 is 0 Å². The number of para-hydroxylation sites is 1. The molecule has 0 amide bonds. The Hall–Kier alpha value is -1.60.